The second-order valence-corrected chi connectivity index (χ2v) is 9.49. The number of hydrogen-bond donors (Lipinski definition) is 1. The topological polar surface area (TPSA) is 84.3 Å². The summed E-state index contributed by atoms with van der Waals surface area (Å²) in [5.41, 5.74) is 8.58. The van der Waals surface area contributed by atoms with Gasteiger partial charge >= 0.3 is 0 Å². The van der Waals surface area contributed by atoms with Crippen LogP contribution in [0.1, 0.15) is 45.2 Å². The van der Waals surface area contributed by atoms with E-state index in [2.05, 4.69) is 42.6 Å². The summed E-state index contributed by atoms with van der Waals surface area (Å²) >= 11 is 0. The monoisotopic (exact) mass is 449 g/mol. The first-order valence-electron chi connectivity index (χ1n) is 12.3. The number of likely N-dealkylation sites (tertiary alicyclic amines) is 1. The van der Waals surface area contributed by atoms with Crippen molar-refractivity contribution in [1.82, 2.24) is 14.5 Å². The van der Waals surface area contributed by atoms with E-state index in [1.807, 2.05) is 20.0 Å². The van der Waals surface area contributed by atoms with Gasteiger partial charge in [-0.05, 0) is 64.8 Å². The van der Waals surface area contributed by atoms with Crippen LogP contribution in [0, 0.1) is 0 Å². The van der Waals surface area contributed by atoms with Crippen LogP contribution in [-0.4, -0.2) is 71.5 Å². The quantitative estimate of drug-likeness (QED) is 0.560. The first-order chi connectivity index (χ1) is 16.1. The Hall–Kier alpha value is -2.87. The molecule has 2 saturated heterocycles. The van der Waals surface area contributed by atoms with Crippen molar-refractivity contribution in [2.45, 2.75) is 58.2 Å². The normalized spacial score (nSPS) is 21.5. The molecule has 8 nitrogen and oxygen atoms in total. The smallest absolute Gasteiger partial charge is 0.176 e. The number of rotatable bonds is 5. The number of amidine groups is 1. The van der Waals surface area contributed by atoms with Gasteiger partial charge in [-0.25, -0.2) is 9.98 Å². The van der Waals surface area contributed by atoms with Crippen molar-refractivity contribution in [2.75, 3.05) is 37.7 Å². The van der Waals surface area contributed by atoms with Gasteiger partial charge in [0.2, 0.25) is 0 Å². The van der Waals surface area contributed by atoms with Gasteiger partial charge in [0.15, 0.2) is 5.84 Å². The number of aromatic nitrogens is 2. The van der Waals surface area contributed by atoms with E-state index in [1.54, 1.807) is 0 Å². The highest BCUT2D eigenvalue weighted by Gasteiger charge is 2.29. The molecule has 4 heterocycles. The fourth-order valence-electron chi connectivity index (χ4n) is 5.27. The van der Waals surface area contributed by atoms with Crippen LogP contribution in [0.25, 0.3) is 11.4 Å². The molecule has 5 rings (SSSR count). The lowest BCUT2D eigenvalue weighted by Gasteiger charge is -2.30. The minimum Gasteiger partial charge on any atom is -0.491 e. The molecule has 3 aliphatic rings. The van der Waals surface area contributed by atoms with Crippen LogP contribution >= 0.6 is 0 Å². The summed E-state index contributed by atoms with van der Waals surface area (Å²) in [5.74, 6) is 2.36. The maximum atomic E-state index is 6.19. The van der Waals surface area contributed by atoms with Crippen LogP contribution in [0.3, 0.4) is 0 Å². The van der Waals surface area contributed by atoms with E-state index >= 15 is 0 Å². The van der Waals surface area contributed by atoms with Crippen LogP contribution in [0.4, 0.5) is 5.69 Å². The van der Waals surface area contributed by atoms with Gasteiger partial charge in [0.25, 0.3) is 0 Å². The molecule has 0 aliphatic carbocycles. The van der Waals surface area contributed by atoms with Gasteiger partial charge in [0, 0.05) is 43.1 Å². The predicted octanol–water partition coefficient (Wildman–Crippen LogP) is 3.15. The lowest BCUT2D eigenvalue weighted by Crippen LogP contribution is -2.39. The van der Waals surface area contributed by atoms with Crippen molar-refractivity contribution in [3.05, 3.63) is 30.1 Å². The molecular weight excluding hydrogens is 414 g/mol. The molecule has 1 atom stereocenters. The average molecular weight is 450 g/mol. The molecule has 176 valence electrons. The summed E-state index contributed by atoms with van der Waals surface area (Å²) in [6.45, 7) is 10.2. The molecule has 2 fully saturated rings. The SMILES string of the molecule is CC(C)N=C(N=CN)c1cn2c(n1)-c1ccc(N3CCC[C@@H]3CN3CCCC3)cc1OCC2. The van der Waals surface area contributed by atoms with Gasteiger partial charge in [-0.2, -0.15) is 0 Å². The third kappa shape index (κ3) is 4.62. The van der Waals surface area contributed by atoms with Gasteiger partial charge < -0.3 is 24.8 Å². The third-order valence-electron chi connectivity index (χ3n) is 6.76. The van der Waals surface area contributed by atoms with E-state index < -0.39 is 0 Å². The van der Waals surface area contributed by atoms with Gasteiger partial charge in [0.1, 0.15) is 23.9 Å². The minimum absolute atomic E-state index is 0.109. The highest BCUT2D eigenvalue weighted by Crippen LogP contribution is 2.37. The van der Waals surface area contributed by atoms with Crippen LogP contribution < -0.4 is 15.4 Å². The van der Waals surface area contributed by atoms with E-state index in [-0.39, 0.29) is 6.04 Å². The van der Waals surface area contributed by atoms with Crippen molar-refractivity contribution in [3.63, 3.8) is 0 Å². The van der Waals surface area contributed by atoms with Crippen LogP contribution in [0.2, 0.25) is 0 Å². The second-order valence-electron chi connectivity index (χ2n) is 9.49. The minimum atomic E-state index is 0.109. The number of nitrogens with zero attached hydrogens (tertiary/aromatic N) is 6. The molecule has 0 saturated carbocycles. The Morgan fingerprint density at radius 2 is 2.06 bits per heavy atom. The van der Waals surface area contributed by atoms with Crippen molar-refractivity contribution in [3.8, 4) is 17.1 Å². The number of ether oxygens (including phenoxy) is 1. The van der Waals surface area contributed by atoms with Crippen molar-refractivity contribution >= 4 is 17.9 Å². The Kier molecular flexibility index (Phi) is 6.35. The summed E-state index contributed by atoms with van der Waals surface area (Å²) in [6, 6.07) is 7.30. The highest BCUT2D eigenvalue weighted by atomic mass is 16.5. The van der Waals surface area contributed by atoms with Crippen LogP contribution in [0.15, 0.2) is 34.4 Å². The Morgan fingerprint density at radius 1 is 1.21 bits per heavy atom. The Labute approximate surface area is 196 Å². The highest BCUT2D eigenvalue weighted by molar-refractivity contribution is 6.01. The molecule has 0 radical (unpaired) electrons. The van der Waals surface area contributed by atoms with Crippen molar-refractivity contribution in [2.24, 2.45) is 15.7 Å². The van der Waals surface area contributed by atoms with Crippen LogP contribution in [0.5, 0.6) is 5.75 Å². The lowest BCUT2D eigenvalue weighted by molar-refractivity contribution is 0.306. The first kappa shape index (κ1) is 21.9. The number of hydrogen-bond acceptors (Lipinski definition) is 5. The maximum Gasteiger partial charge on any atom is 0.176 e. The van der Waals surface area contributed by atoms with E-state index in [1.165, 1.54) is 57.3 Å². The summed E-state index contributed by atoms with van der Waals surface area (Å²) in [5, 5.41) is 0. The molecule has 8 heteroatoms. The number of imidazole rings is 1. The van der Waals surface area contributed by atoms with E-state index in [0.29, 0.717) is 18.5 Å². The largest absolute Gasteiger partial charge is 0.491 e. The molecule has 1 aromatic heterocycles. The summed E-state index contributed by atoms with van der Waals surface area (Å²) < 4.78 is 8.33. The van der Waals surface area contributed by atoms with Crippen molar-refractivity contribution < 1.29 is 4.74 Å². The number of fused-ring (bicyclic) bond motifs is 3. The molecule has 2 aromatic rings. The molecule has 0 bridgehead atoms. The molecule has 2 N–H and O–H groups in total. The molecular formula is C25H35N7O. The molecule has 0 unspecified atom stereocenters. The Morgan fingerprint density at radius 3 is 2.85 bits per heavy atom. The second kappa shape index (κ2) is 9.55. The molecule has 33 heavy (non-hydrogen) atoms. The van der Waals surface area contributed by atoms with E-state index in [9.17, 15) is 0 Å². The predicted molar refractivity (Wildman–Crippen MR) is 134 cm³/mol. The number of benzene rings is 1. The summed E-state index contributed by atoms with van der Waals surface area (Å²) in [6.07, 6.45) is 8.49. The zero-order valence-electron chi connectivity index (χ0n) is 19.8. The zero-order chi connectivity index (χ0) is 22.8. The van der Waals surface area contributed by atoms with Gasteiger partial charge in [-0.3, -0.25) is 4.99 Å². The van der Waals surface area contributed by atoms with Gasteiger partial charge in [0.05, 0.1) is 18.4 Å². The standard InChI is InChI=1S/C25H35N7O/c1-18(2)28-24(27-17-26)22-16-31-12-13-33-23-14-19(7-8-21(23)25(31)29-22)32-11-5-6-20(32)15-30-9-3-4-10-30/h7-8,14,16-18,20H,3-6,9-13,15H2,1-2H3,(H2,26,27,28)/t20-/m1/s1. The zero-order valence-corrected chi connectivity index (χ0v) is 19.8. The molecule has 0 spiro atoms. The number of aliphatic imine (C=N–C) groups is 2. The number of nitrogens with two attached hydrogens (primary N) is 1. The average Bonchev–Trinajstić information content (AvgIpc) is 3.54. The van der Waals surface area contributed by atoms with Gasteiger partial charge in [-0.1, -0.05) is 0 Å². The Bertz CT molecular complexity index is 1040. The van der Waals surface area contributed by atoms with E-state index in [4.69, 9.17) is 15.5 Å². The Balaban J connectivity index is 1.43. The van der Waals surface area contributed by atoms with Gasteiger partial charge in [-0.15, -0.1) is 0 Å². The maximum absolute atomic E-state index is 6.19. The molecule has 0 amide bonds. The third-order valence-corrected chi connectivity index (χ3v) is 6.76. The molecule has 3 aliphatic heterocycles. The lowest BCUT2D eigenvalue weighted by atomic mass is 10.1. The van der Waals surface area contributed by atoms with E-state index in [0.717, 1.165) is 35.9 Å². The first-order valence-corrected chi connectivity index (χ1v) is 12.3. The fraction of sp³-hybridized carbons (Fsp3) is 0.560. The summed E-state index contributed by atoms with van der Waals surface area (Å²) in [7, 11) is 0. The molecule has 1 aromatic carbocycles. The van der Waals surface area contributed by atoms with Crippen LogP contribution in [-0.2, 0) is 6.54 Å². The van der Waals surface area contributed by atoms with Crippen molar-refractivity contribution in [1.29, 1.82) is 0 Å². The summed E-state index contributed by atoms with van der Waals surface area (Å²) in [4.78, 5) is 19.0. The number of anilines is 1. The fourth-order valence-corrected chi connectivity index (χ4v) is 5.27.